The van der Waals surface area contributed by atoms with E-state index in [1.807, 2.05) is 69.3 Å². The highest BCUT2D eigenvalue weighted by atomic mass is 16.6. The molecule has 0 fully saturated rings. The van der Waals surface area contributed by atoms with Crippen LogP contribution in [0.15, 0.2) is 72.8 Å². The third-order valence-corrected chi connectivity index (χ3v) is 8.09. The highest BCUT2D eigenvalue weighted by molar-refractivity contribution is 5.91. The van der Waals surface area contributed by atoms with Crippen LogP contribution in [-0.4, -0.2) is 66.7 Å². The number of rotatable bonds is 14. The Bertz CT molecular complexity index is 1650. The van der Waals surface area contributed by atoms with Crippen LogP contribution in [0.1, 0.15) is 64.2 Å². The number of carbonyl (C=O) groups excluding carboxylic acids is 5. The third kappa shape index (κ3) is 10.1. The summed E-state index contributed by atoms with van der Waals surface area (Å²) in [6.45, 7) is 10.0. The molecule has 12 heteroatoms. The Balaban J connectivity index is 1.24. The number of nitrogens with two attached hydrogens (primary N) is 1. The highest BCUT2D eigenvalue weighted by Gasteiger charge is 2.31. The van der Waals surface area contributed by atoms with Crippen LogP contribution >= 0.6 is 0 Å². The van der Waals surface area contributed by atoms with Crippen LogP contribution in [0.25, 0.3) is 11.1 Å². The van der Waals surface area contributed by atoms with E-state index in [4.69, 9.17) is 19.9 Å². The fourth-order valence-corrected chi connectivity index (χ4v) is 5.67. The first kappa shape index (κ1) is 37.4. The van der Waals surface area contributed by atoms with Gasteiger partial charge in [0.05, 0.1) is 0 Å². The van der Waals surface area contributed by atoms with Crippen molar-refractivity contribution in [3.05, 3.63) is 89.5 Å². The van der Waals surface area contributed by atoms with E-state index in [2.05, 4.69) is 16.0 Å². The predicted molar refractivity (Wildman–Crippen MR) is 187 cm³/mol. The largest absolute Gasteiger partial charge is 0.488 e. The van der Waals surface area contributed by atoms with Crippen LogP contribution in [0.3, 0.4) is 0 Å². The topological polar surface area (TPSA) is 175 Å². The van der Waals surface area contributed by atoms with Gasteiger partial charge in [0.2, 0.25) is 11.8 Å². The number of ether oxygens (including phenoxy) is 3. The summed E-state index contributed by atoms with van der Waals surface area (Å²) in [5, 5.41) is 7.61. The Morgan fingerprint density at radius 1 is 0.780 bits per heavy atom. The molecule has 1 aliphatic carbocycles. The number of nitrogens with one attached hydrogen (secondary N) is 3. The lowest BCUT2D eigenvalue weighted by molar-refractivity contribution is -0.151. The quantitative estimate of drug-likeness (QED) is 0.184. The van der Waals surface area contributed by atoms with Crippen LogP contribution in [0, 0.1) is 5.92 Å². The van der Waals surface area contributed by atoms with Gasteiger partial charge in [-0.15, -0.1) is 0 Å². The Hall–Kier alpha value is -5.39. The van der Waals surface area contributed by atoms with Gasteiger partial charge in [0, 0.05) is 12.3 Å². The van der Waals surface area contributed by atoms with Crippen molar-refractivity contribution < 1.29 is 38.2 Å². The summed E-state index contributed by atoms with van der Waals surface area (Å²) < 4.78 is 16.5. The molecule has 0 aliphatic heterocycles. The molecule has 0 heterocycles. The van der Waals surface area contributed by atoms with Crippen molar-refractivity contribution in [2.45, 2.75) is 77.6 Å². The number of amides is 4. The van der Waals surface area contributed by atoms with E-state index in [0.717, 1.165) is 27.8 Å². The monoisotopic (exact) mass is 686 g/mol. The average molecular weight is 687 g/mol. The number of carbonyl (C=O) groups is 5. The molecule has 3 aromatic rings. The number of esters is 1. The van der Waals surface area contributed by atoms with Gasteiger partial charge in [0.1, 0.15) is 36.1 Å². The number of fused-ring (bicyclic) bond motifs is 3. The molecule has 0 aromatic heterocycles. The van der Waals surface area contributed by atoms with Crippen molar-refractivity contribution in [2.24, 2.45) is 11.7 Å². The van der Waals surface area contributed by atoms with E-state index in [1.165, 1.54) is 6.92 Å². The zero-order chi connectivity index (χ0) is 36.6. The molecule has 12 nitrogen and oxygen atoms in total. The summed E-state index contributed by atoms with van der Waals surface area (Å²) in [6, 6.07) is 19.7. The normalized spacial score (nSPS) is 14.0. The zero-order valence-corrected chi connectivity index (χ0v) is 29.3. The molecule has 0 saturated carbocycles. The number of hydrogen-bond acceptors (Lipinski definition) is 8. The molecule has 0 unspecified atom stereocenters. The van der Waals surface area contributed by atoms with Gasteiger partial charge in [-0.1, -0.05) is 74.5 Å². The van der Waals surface area contributed by atoms with Gasteiger partial charge in [0.15, 0.2) is 6.61 Å². The molecular weight excluding hydrogens is 640 g/mol. The van der Waals surface area contributed by atoms with Crippen molar-refractivity contribution in [2.75, 3.05) is 13.2 Å². The van der Waals surface area contributed by atoms with E-state index in [1.54, 1.807) is 38.1 Å². The molecular formula is C38H46N4O8. The second kappa shape index (κ2) is 16.3. The fourth-order valence-electron chi connectivity index (χ4n) is 5.67. The van der Waals surface area contributed by atoms with Crippen molar-refractivity contribution in [3.63, 3.8) is 0 Å². The summed E-state index contributed by atoms with van der Waals surface area (Å²) in [6.07, 6.45) is -0.657. The first-order valence-electron chi connectivity index (χ1n) is 16.6. The van der Waals surface area contributed by atoms with Gasteiger partial charge >= 0.3 is 12.1 Å². The maximum atomic E-state index is 13.1. The smallest absolute Gasteiger partial charge is 0.407 e. The molecule has 50 heavy (non-hydrogen) atoms. The average Bonchev–Trinajstić information content (AvgIpc) is 3.38. The third-order valence-electron chi connectivity index (χ3n) is 8.09. The SMILES string of the molecule is CC(C)[C@H](NC(=O)OCC1c2ccccc2-c2ccccc21)C(=O)N[C@@H](C)C(=O)OCC(=O)N[C@@H](Cc1ccc(OC(C)(C)C)cc1)C(N)=O. The predicted octanol–water partition coefficient (Wildman–Crippen LogP) is 3.99. The van der Waals surface area contributed by atoms with Gasteiger partial charge in [-0.05, 0) is 73.6 Å². The maximum Gasteiger partial charge on any atom is 0.407 e. The second-order valence-electron chi connectivity index (χ2n) is 13.6. The molecule has 0 radical (unpaired) electrons. The Labute approximate surface area is 292 Å². The van der Waals surface area contributed by atoms with Crippen molar-refractivity contribution in [1.29, 1.82) is 0 Å². The molecule has 0 saturated heterocycles. The van der Waals surface area contributed by atoms with Crippen LogP contribution in [0.2, 0.25) is 0 Å². The molecule has 3 aromatic carbocycles. The minimum Gasteiger partial charge on any atom is -0.488 e. The van der Waals surface area contributed by atoms with E-state index in [-0.39, 0.29) is 30.5 Å². The lowest BCUT2D eigenvalue weighted by Crippen LogP contribution is -2.53. The summed E-state index contributed by atoms with van der Waals surface area (Å²) >= 11 is 0. The number of alkyl carbamates (subject to hydrolysis) is 1. The lowest BCUT2D eigenvalue weighted by Gasteiger charge is -2.24. The standard InChI is InChI=1S/C38H46N4O8/c1-22(2)33(42-37(47)49-20-30-28-13-9-7-11-26(28)27-12-8-10-14-29(27)30)35(45)40-23(3)36(46)48-21-32(43)41-31(34(39)44)19-24-15-17-25(18-16-24)50-38(4,5)6/h7-18,22-23,30-31,33H,19-21H2,1-6H3,(H2,39,44)(H,40,45)(H,41,43)(H,42,47)/t23-,31-,33-/m0/s1. The van der Waals surface area contributed by atoms with Crippen molar-refractivity contribution >= 4 is 29.8 Å². The minimum absolute atomic E-state index is 0.0758. The molecule has 266 valence electrons. The van der Waals surface area contributed by atoms with Crippen LogP contribution in [-0.2, 0) is 35.1 Å². The summed E-state index contributed by atoms with van der Waals surface area (Å²) in [7, 11) is 0. The fraction of sp³-hybridized carbons (Fsp3) is 0.395. The first-order valence-corrected chi connectivity index (χ1v) is 16.6. The molecule has 4 rings (SSSR count). The molecule has 0 spiro atoms. The van der Waals surface area contributed by atoms with Crippen LogP contribution < -0.4 is 26.4 Å². The zero-order valence-electron chi connectivity index (χ0n) is 29.3. The van der Waals surface area contributed by atoms with Crippen LogP contribution in [0.4, 0.5) is 4.79 Å². The summed E-state index contributed by atoms with van der Waals surface area (Å²) in [5.74, 6) is -2.87. The Kier molecular flexibility index (Phi) is 12.2. The van der Waals surface area contributed by atoms with Crippen LogP contribution in [0.5, 0.6) is 5.75 Å². The van der Waals surface area contributed by atoms with Crippen molar-refractivity contribution in [1.82, 2.24) is 16.0 Å². The molecule has 1 aliphatic rings. The van der Waals surface area contributed by atoms with Crippen molar-refractivity contribution in [3.8, 4) is 16.9 Å². The van der Waals surface area contributed by atoms with E-state index in [9.17, 15) is 24.0 Å². The first-order chi connectivity index (χ1) is 23.6. The van der Waals surface area contributed by atoms with Gasteiger partial charge < -0.3 is 35.9 Å². The van der Waals surface area contributed by atoms with E-state index >= 15 is 0 Å². The molecule has 0 bridgehead atoms. The Morgan fingerprint density at radius 3 is 1.90 bits per heavy atom. The van der Waals surface area contributed by atoms with E-state index in [0.29, 0.717) is 5.75 Å². The number of benzene rings is 3. The van der Waals surface area contributed by atoms with Gasteiger partial charge in [0.25, 0.3) is 5.91 Å². The van der Waals surface area contributed by atoms with Gasteiger partial charge in [-0.3, -0.25) is 14.4 Å². The molecule has 5 N–H and O–H groups in total. The highest BCUT2D eigenvalue weighted by Crippen LogP contribution is 2.44. The van der Waals surface area contributed by atoms with E-state index < -0.39 is 54.5 Å². The van der Waals surface area contributed by atoms with Gasteiger partial charge in [-0.25, -0.2) is 9.59 Å². The minimum atomic E-state index is -1.15. The number of hydrogen-bond donors (Lipinski definition) is 4. The summed E-state index contributed by atoms with van der Waals surface area (Å²) in [5.41, 5.74) is 10.2. The number of primary amides is 1. The molecule has 3 atom stereocenters. The summed E-state index contributed by atoms with van der Waals surface area (Å²) in [4.78, 5) is 63.2. The molecule has 4 amide bonds. The maximum absolute atomic E-state index is 13.1. The van der Waals surface area contributed by atoms with Gasteiger partial charge in [-0.2, -0.15) is 0 Å². The lowest BCUT2D eigenvalue weighted by atomic mass is 9.98. The Morgan fingerprint density at radius 2 is 1.36 bits per heavy atom. The second-order valence-corrected chi connectivity index (χ2v) is 13.6.